The van der Waals surface area contributed by atoms with Crippen molar-refractivity contribution in [1.29, 1.82) is 0 Å². The standard InChI is InChI=1S/C18H15BrIN/c19-15-7-8-17(20)16(11-15)18(21)10-12-5-6-13-3-1-2-4-14(13)9-12/h1-9,11,18H,10,21H2. The van der Waals surface area contributed by atoms with Crippen LogP contribution in [0.3, 0.4) is 0 Å². The van der Waals surface area contributed by atoms with E-state index in [4.69, 9.17) is 5.73 Å². The zero-order valence-corrected chi connectivity index (χ0v) is 15.1. The third kappa shape index (κ3) is 3.47. The summed E-state index contributed by atoms with van der Waals surface area (Å²) in [4.78, 5) is 0. The summed E-state index contributed by atoms with van der Waals surface area (Å²) in [6.07, 6.45) is 0.845. The van der Waals surface area contributed by atoms with Gasteiger partial charge in [0.25, 0.3) is 0 Å². The molecule has 0 radical (unpaired) electrons. The highest BCUT2D eigenvalue weighted by molar-refractivity contribution is 14.1. The molecule has 0 aliphatic rings. The zero-order valence-electron chi connectivity index (χ0n) is 11.4. The third-order valence-electron chi connectivity index (χ3n) is 3.63. The highest BCUT2D eigenvalue weighted by atomic mass is 127. The Kier molecular flexibility index (Phi) is 4.62. The van der Waals surface area contributed by atoms with Crippen molar-refractivity contribution in [2.45, 2.75) is 12.5 Å². The van der Waals surface area contributed by atoms with Crippen molar-refractivity contribution in [1.82, 2.24) is 0 Å². The maximum Gasteiger partial charge on any atom is 0.0346 e. The van der Waals surface area contributed by atoms with E-state index < -0.39 is 0 Å². The van der Waals surface area contributed by atoms with E-state index in [2.05, 4.69) is 93.1 Å². The van der Waals surface area contributed by atoms with Gasteiger partial charge in [-0.2, -0.15) is 0 Å². The van der Waals surface area contributed by atoms with Crippen molar-refractivity contribution in [2.24, 2.45) is 5.73 Å². The summed E-state index contributed by atoms with van der Waals surface area (Å²) in [7, 11) is 0. The molecule has 1 atom stereocenters. The predicted molar refractivity (Wildman–Crippen MR) is 101 cm³/mol. The van der Waals surface area contributed by atoms with Gasteiger partial charge in [0.1, 0.15) is 0 Å². The molecule has 1 unspecified atom stereocenters. The average molecular weight is 452 g/mol. The van der Waals surface area contributed by atoms with Crippen molar-refractivity contribution in [2.75, 3.05) is 0 Å². The first-order valence-electron chi connectivity index (χ1n) is 6.82. The number of benzene rings is 3. The lowest BCUT2D eigenvalue weighted by atomic mass is 9.98. The second-order valence-electron chi connectivity index (χ2n) is 5.16. The van der Waals surface area contributed by atoms with E-state index in [9.17, 15) is 0 Å². The molecule has 0 aliphatic heterocycles. The van der Waals surface area contributed by atoms with Gasteiger partial charge in [-0.3, -0.25) is 0 Å². The van der Waals surface area contributed by atoms with E-state index in [1.54, 1.807) is 0 Å². The Morgan fingerprint density at radius 3 is 2.52 bits per heavy atom. The molecular formula is C18H15BrIN. The molecule has 2 N–H and O–H groups in total. The molecule has 0 saturated carbocycles. The maximum atomic E-state index is 6.42. The van der Waals surface area contributed by atoms with Gasteiger partial charge in [-0.25, -0.2) is 0 Å². The van der Waals surface area contributed by atoms with Crippen LogP contribution in [0.15, 0.2) is 65.1 Å². The molecule has 3 aromatic carbocycles. The van der Waals surface area contributed by atoms with Gasteiger partial charge in [-0.05, 0) is 69.1 Å². The summed E-state index contributed by atoms with van der Waals surface area (Å²) in [6, 6.07) is 21.3. The van der Waals surface area contributed by atoms with Crippen LogP contribution in [0, 0.1) is 3.57 Å². The first kappa shape index (κ1) is 15.0. The summed E-state index contributed by atoms with van der Waals surface area (Å²) < 4.78 is 2.29. The fourth-order valence-electron chi connectivity index (χ4n) is 2.53. The van der Waals surface area contributed by atoms with Gasteiger partial charge in [0.2, 0.25) is 0 Å². The Morgan fingerprint density at radius 1 is 0.952 bits per heavy atom. The van der Waals surface area contributed by atoms with Gasteiger partial charge in [-0.1, -0.05) is 58.4 Å². The zero-order chi connectivity index (χ0) is 14.8. The Morgan fingerprint density at radius 2 is 1.71 bits per heavy atom. The molecule has 106 valence electrons. The summed E-state index contributed by atoms with van der Waals surface area (Å²) in [5.41, 5.74) is 8.88. The van der Waals surface area contributed by atoms with Crippen LogP contribution in [0.2, 0.25) is 0 Å². The lowest BCUT2D eigenvalue weighted by molar-refractivity contribution is 0.718. The highest BCUT2D eigenvalue weighted by Crippen LogP contribution is 2.26. The minimum atomic E-state index is 0.00978. The molecule has 3 aromatic rings. The van der Waals surface area contributed by atoms with E-state index in [-0.39, 0.29) is 6.04 Å². The predicted octanol–water partition coefficient (Wildman–Crippen LogP) is 5.45. The molecule has 0 saturated heterocycles. The Hall–Kier alpha value is -0.910. The number of nitrogens with two attached hydrogens (primary N) is 1. The average Bonchev–Trinajstić information content (AvgIpc) is 2.49. The van der Waals surface area contributed by atoms with E-state index in [1.807, 2.05) is 6.07 Å². The van der Waals surface area contributed by atoms with Gasteiger partial charge in [0.15, 0.2) is 0 Å². The van der Waals surface area contributed by atoms with Crippen LogP contribution >= 0.6 is 38.5 Å². The minimum absolute atomic E-state index is 0.00978. The molecule has 0 amide bonds. The summed E-state index contributed by atoms with van der Waals surface area (Å²) in [5.74, 6) is 0. The SMILES string of the molecule is NC(Cc1ccc2ccccc2c1)c1cc(Br)ccc1I. The molecule has 3 heteroatoms. The number of hydrogen-bond donors (Lipinski definition) is 1. The second kappa shape index (κ2) is 6.46. The number of rotatable bonds is 3. The molecule has 21 heavy (non-hydrogen) atoms. The fourth-order valence-corrected chi connectivity index (χ4v) is 3.64. The molecule has 0 aliphatic carbocycles. The molecule has 3 rings (SSSR count). The first-order chi connectivity index (χ1) is 10.1. The molecular weight excluding hydrogens is 437 g/mol. The Labute approximate surface area is 146 Å². The highest BCUT2D eigenvalue weighted by Gasteiger charge is 2.11. The fraction of sp³-hybridized carbons (Fsp3) is 0.111. The Balaban J connectivity index is 1.88. The van der Waals surface area contributed by atoms with Crippen molar-refractivity contribution in [3.05, 3.63) is 79.8 Å². The van der Waals surface area contributed by atoms with E-state index in [1.165, 1.54) is 25.5 Å². The molecule has 0 aromatic heterocycles. The van der Waals surface area contributed by atoms with Crippen LogP contribution in [-0.4, -0.2) is 0 Å². The van der Waals surface area contributed by atoms with Gasteiger partial charge < -0.3 is 5.73 Å². The molecule has 1 nitrogen and oxygen atoms in total. The molecule has 0 spiro atoms. The van der Waals surface area contributed by atoms with Gasteiger partial charge >= 0.3 is 0 Å². The quantitative estimate of drug-likeness (QED) is 0.526. The van der Waals surface area contributed by atoms with Crippen LogP contribution < -0.4 is 5.73 Å². The van der Waals surface area contributed by atoms with Gasteiger partial charge in [0, 0.05) is 14.1 Å². The number of fused-ring (bicyclic) bond motifs is 1. The number of hydrogen-bond acceptors (Lipinski definition) is 1. The molecule has 0 fully saturated rings. The van der Waals surface area contributed by atoms with Gasteiger partial charge in [0.05, 0.1) is 0 Å². The molecule has 0 bridgehead atoms. The normalized spacial score (nSPS) is 12.5. The van der Waals surface area contributed by atoms with Crippen LogP contribution in [-0.2, 0) is 6.42 Å². The maximum absolute atomic E-state index is 6.42. The smallest absolute Gasteiger partial charge is 0.0346 e. The minimum Gasteiger partial charge on any atom is -0.324 e. The third-order valence-corrected chi connectivity index (χ3v) is 5.10. The van der Waals surface area contributed by atoms with Crippen molar-refractivity contribution >= 4 is 49.3 Å². The topological polar surface area (TPSA) is 26.0 Å². The summed E-state index contributed by atoms with van der Waals surface area (Å²) >= 11 is 5.87. The molecule has 0 heterocycles. The first-order valence-corrected chi connectivity index (χ1v) is 8.69. The van der Waals surface area contributed by atoms with Crippen molar-refractivity contribution in [3.63, 3.8) is 0 Å². The summed E-state index contributed by atoms with van der Waals surface area (Å²) in [6.45, 7) is 0. The lowest BCUT2D eigenvalue weighted by Crippen LogP contribution is -2.14. The van der Waals surface area contributed by atoms with Crippen LogP contribution in [0.25, 0.3) is 10.8 Å². The largest absolute Gasteiger partial charge is 0.324 e. The van der Waals surface area contributed by atoms with Crippen LogP contribution in [0.5, 0.6) is 0 Å². The Bertz CT molecular complexity index is 785. The monoisotopic (exact) mass is 451 g/mol. The van der Waals surface area contributed by atoms with E-state index >= 15 is 0 Å². The van der Waals surface area contributed by atoms with E-state index in [0.29, 0.717) is 0 Å². The summed E-state index contributed by atoms with van der Waals surface area (Å²) in [5, 5.41) is 2.54. The van der Waals surface area contributed by atoms with Crippen molar-refractivity contribution < 1.29 is 0 Å². The number of halogens is 2. The van der Waals surface area contributed by atoms with Crippen LogP contribution in [0.1, 0.15) is 17.2 Å². The van der Waals surface area contributed by atoms with Crippen LogP contribution in [0.4, 0.5) is 0 Å². The van der Waals surface area contributed by atoms with Gasteiger partial charge in [-0.15, -0.1) is 0 Å². The van der Waals surface area contributed by atoms with Crippen molar-refractivity contribution in [3.8, 4) is 0 Å². The second-order valence-corrected chi connectivity index (χ2v) is 7.24. The lowest BCUT2D eigenvalue weighted by Gasteiger charge is -2.15. The van der Waals surface area contributed by atoms with E-state index in [0.717, 1.165) is 10.9 Å².